The molecule has 0 amide bonds. The maximum Gasteiger partial charge on any atom is 0.0497 e. The number of hydrogen-bond donors (Lipinski definition) is 0. The fourth-order valence-corrected chi connectivity index (χ4v) is 15.3. The first-order valence-corrected chi connectivity index (χ1v) is 29.8. The molecule has 4 aliphatic rings. The van der Waals surface area contributed by atoms with Crippen molar-refractivity contribution < 1.29 is 0 Å². The molecule has 0 aromatic heterocycles. The third-order valence-electron chi connectivity index (χ3n) is 19.4. The Morgan fingerprint density at radius 1 is 0.250 bits per heavy atom. The predicted octanol–water partition coefficient (Wildman–Crippen LogP) is 22.0. The van der Waals surface area contributed by atoms with Crippen LogP contribution in [0.25, 0.3) is 88.3 Å². The Kier molecular flexibility index (Phi) is 10.6. The average molecular weight is 1070 g/mol. The molecule has 13 aromatic carbocycles. The molecule has 0 saturated carbocycles. The van der Waals surface area contributed by atoms with Crippen LogP contribution in [0.3, 0.4) is 0 Å². The van der Waals surface area contributed by atoms with E-state index in [-0.39, 0.29) is 10.8 Å². The van der Waals surface area contributed by atoms with Crippen molar-refractivity contribution in [3.8, 4) is 66.8 Å². The second-order valence-electron chi connectivity index (χ2n) is 24.8. The summed E-state index contributed by atoms with van der Waals surface area (Å²) in [5, 5.41) is 4.84. The Morgan fingerprint density at radius 3 is 0.988 bits per heavy atom. The van der Waals surface area contributed by atoms with Crippen LogP contribution in [0.5, 0.6) is 0 Å². The number of hydrogen-bond acceptors (Lipinski definition) is 2. The number of benzene rings is 13. The monoisotopic (exact) mass is 1070 g/mol. The van der Waals surface area contributed by atoms with Crippen LogP contribution in [-0.2, 0) is 23.7 Å². The molecule has 0 fully saturated rings. The maximum absolute atomic E-state index is 2.50. The van der Waals surface area contributed by atoms with E-state index in [1.54, 1.807) is 0 Å². The molecule has 13 aromatic rings. The average Bonchev–Trinajstić information content (AvgIpc) is 3.24. The van der Waals surface area contributed by atoms with Gasteiger partial charge in [0.15, 0.2) is 0 Å². The molecule has 17 rings (SSSR count). The van der Waals surface area contributed by atoms with E-state index in [0.29, 0.717) is 0 Å². The summed E-state index contributed by atoms with van der Waals surface area (Å²) in [5.41, 5.74) is 32.8. The summed E-state index contributed by atoms with van der Waals surface area (Å²) in [4.78, 5) is 5.01. The van der Waals surface area contributed by atoms with E-state index < -0.39 is 0 Å². The van der Waals surface area contributed by atoms with Crippen LogP contribution in [0.2, 0.25) is 0 Å². The summed E-state index contributed by atoms with van der Waals surface area (Å²) in [7, 11) is 0. The Hall–Kier alpha value is -10.0. The number of fused-ring (bicyclic) bond motifs is 12. The zero-order chi connectivity index (χ0) is 56.0. The minimum absolute atomic E-state index is 0.114. The summed E-state index contributed by atoms with van der Waals surface area (Å²) in [6.45, 7) is 9.52. The zero-order valence-corrected chi connectivity index (χ0v) is 47.7. The van der Waals surface area contributed by atoms with E-state index in [2.05, 4.69) is 304 Å². The van der Waals surface area contributed by atoms with Crippen LogP contribution in [0.1, 0.15) is 72.2 Å². The van der Waals surface area contributed by atoms with Crippen LogP contribution in [0, 0.1) is 0 Å². The largest absolute Gasteiger partial charge is 0.310 e. The third-order valence-corrected chi connectivity index (χ3v) is 19.4. The minimum Gasteiger partial charge on any atom is -0.310 e. The highest BCUT2D eigenvalue weighted by atomic mass is 15.2. The first kappa shape index (κ1) is 48.7. The fourth-order valence-electron chi connectivity index (χ4n) is 15.3. The highest BCUT2D eigenvalue weighted by molar-refractivity contribution is 6.23. The number of rotatable bonds is 6. The van der Waals surface area contributed by atoms with Crippen molar-refractivity contribution in [2.75, 3.05) is 9.80 Å². The Bertz CT molecular complexity index is 4530. The molecule has 0 N–H and O–H groups in total. The van der Waals surface area contributed by atoms with E-state index in [9.17, 15) is 0 Å². The minimum atomic E-state index is -0.114. The van der Waals surface area contributed by atoms with Gasteiger partial charge in [0.2, 0.25) is 0 Å². The van der Waals surface area contributed by atoms with Crippen molar-refractivity contribution in [1.29, 1.82) is 0 Å². The van der Waals surface area contributed by atoms with Gasteiger partial charge in [-0.1, -0.05) is 222 Å². The number of para-hydroxylation sites is 4. The predicted molar refractivity (Wildman–Crippen MR) is 353 cm³/mol. The lowest BCUT2D eigenvalue weighted by Gasteiger charge is -2.34. The van der Waals surface area contributed by atoms with Crippen LogP contribution in [-0.4, -0.2) is 0 Å². The molecule has 398 valence electrons. The van der Waals surface area contributed by atoms with Gasteiger partial charge in [-0.25, -0.2) is 0 Å². The smallest absolute Gasteiger partial charge is 0.0497 e. The van der Waals surface area contributed by atoms with Gasteiger partial charge >= 0.3 is 0 Å². The van der Waals surface area contributed by atoms with E-state index in [0.717, 1.165) is 24.2 Å². The Balaban J connectivity index is 0.935. The van der Waals surface area contributed by atoms with Crippen LogP contribution < -0.4 is 9.80 Å². The van der Waals surface area contributed by atoms with Crippen molar-refractivity contribution in [2.45, 2.75) is 51.4 Å². The molecular weight excluding hydrogens is 1010 g/mol. The van der Waals surface area contributed by atoms with E-state index in [1.165, 1.54) is 156 Å². The number of nitrogens with zero attached hydrogens (tertiary/aromatic N) is 2. The van der Waals surface area contributed by atoms with Crippen molar-refractivity contribution >= 4 is 55.7 Å². The summed E-state index contributed by atoms with van der Waals surface area (Å²) < 4.78 is 0. The normalized spacial score (nSPS) is 14.5. The molecule has 2 aliphatic heterocycles. The maximum atomic E-state index is 2.50. The summed E-state index contributed by atoms with van der Waals surface area (Å²) >= 11 is 0. The quantitative estimate of drug-likeness (QED) is 0.153. The molecule has 84 heavy (non-hydrogen) atoms. The highest BCUT2D eigenvalue weighted by Crippen LogP contribution is 2.55. The van der Waals surface area contributed by atoms with Gasteiger partial charge < -0.3 is 9.80 Å². The lowest BCUT2D eigenvalue weighted by Crippen LogP contribution is -2.18. The lowest BCUT2D eigenvalue weighted by atomic mass is 9.81. The number of anilines is 6. The first-order valence-electron chi connectivity index (χ1n) is 29.8. The van der Waals surface area contributed by atoms with E-state index >= 15 is 0 Å². The molecule has 0 saturated heterocycles. The van der Waals surface area contributed by atoms with Gasteiger partial charge in [-0.05, 0) is 206 Å². The fraction of sp³-hybridized carbons (Fsp3) is 0.0976. The topological polar surface area (TPSA) is 6.48 Å². The van der Waals surface area contributed by atoms with Crippen molar-refractivity contribution in [3.05, 3.63) is 311 Å². The standard InChI is InChI=1S/C82H60N2/c1-81(2)71-29-11-9-27-63(71)65-39-35-53(47-73(65)81)51-23-17-25-59(43-51)79-67-41-37-62(84-77-33-15-7-21-57(77)46-58-22-8-16-34-78(58)84)50-70(67)80(60-26-18-24-52(44-60)54-36-40-66-64-28-10-12-30-72(64)82(3,4)74(66)48-54)68-42-38-61(49-69(68)79)83-75-31-13-5-19-55(75)45-56-20-6-14-32-76(56)83/h5-44,47-50H,45-46H2,1-4H3. The highest BCUT2D eigenvalue weighted by Gasteiger charge is 2.37. The molecule has 2 heterocycles. The Morgan fingerprint density at radius 2 is 0.583 bits per heavy atom. The summed E-state index contributed by atoms with van der Waals surface area (Å²) in [5.74, 6) is 0. The van der Waals surface area contributed by atoms with E-state index in [4.69, 9.17) is 0 Å². The molecule has 2 heteroatoms. The molecular formula is C82H60N2. The summed E-state index contributed by atoms with van der Waals surface area (Å²) in [6, 6.07) is 102. The van der Waals surface area contributed by atoms with Crippen LogP contribution in [0.4, 0.5) is 34.1 Å². The molecule has 0 atom stereocenters. The molecule has 0 unspecified atom stereocenters. The third kappa shape index (κ3) is 7.23. The van der Waals surface area contributed by atoms with Gasteiger partial charge in [-0.2, -0.15) is 0 Å². The van der Waals surface area contributed by atoms with Crippen molar-refractivity contribution in [2.24, 2.45) is 0 Å². The summed E-state index contributed by atoms with van der Waals surface area (Å²) in [6.07, 6.45) is 1.79. The van der Waals surface area contributed by atoms with Gasteiger partial charge in [0.1, 0.15) is 0 Å². The van der Waals surface area contributed by atoms with Crippen molar-refractivity contribution in [1.82, 2.24) is 0 Å². The SMILES string of the molecule is CC1(C)c2ccccc2-c2ccc(-c3cccc(-c4c5ccc(N6c7ccccc7Cc7ccccc76)cc5c(-c5cccc(-c6ccc7c(c6)C(C)(C)c6ccccc6-7)c5)c5ccc(N6c7ccccc7Cc7ccccc76)cc45)c3)cc21. The zero-order valence-electron chi connectivity index (χ0n) is 47.7. The second-order valence-corrected chi connectivity index (χ2v) is 24.8. The molecule has 0 spiro atoms. The van der Waals surface area contributed by atoms with Gasteiger partial charge in [-0.3, -0.25) is 0 Å². The lowest BCUT2D eigenvalue weighted by molar-refractivity contribution is 0.660. The van der Waals surface area contributed by atoms with Crippen molar-refractivity contribution in [3.63, 3.8) is 0 Å². The van der Waals surface area contributed by atoms with E-state index in [1.807, 2.05) is 0 Å². The second kappa shape index (κ2) is 18.2. The molecule has 0 radical (unpaired) electrons. The molecule has 0 bridgehead atoms. The van der Waals surface area contributed by atoms with Gasteiger partial charge in [0.25, 0.3) is 0 Å². The van der Waals surface area contributed by atoms with Gasteiger partial charge in [0, 0.05) is 57.8 Å². The molecule has 2 nitrogen and oxygen atoms in total. The van der Waals surface area contributed by atoms with Crippen LogP contribution in [0.15, 0.2) is 267 Å². The van der Waals surface area contributed by atoms with Crippen LogP contribution >= 0.6 is 0 Å². The Labute approximate surface area is 492 Å². The van der Waals surface area contributed by atoms with Gasteiger partial charge in [0.05, 0.1) is 0 Å². The van der Waals surface area contributed by atoms with Gasteiger partial charge in [-0.15, -0.1) is 0 Å². The first-order chi connectivity index (χ1) is 41.2. The molecule has 2 aliphatic carbocycles.